The summed E-state index contributed by atoms with van der Waals surface area (Å²) in [4.78, 5) is 0. The van der Waals surface area contributed by atoms with Crippen molar-refractivity contribution in [2.75, 3.05) is 39.5 Å². The third-order valence-electron chi connectivity index (χ3n) is 2.89. The van der Waals surface area contributed by atoms with Crippen LogP contribution in [0, 0.1) is 0 Å². The first kappa shape index (κ1) is 12.7. The molecule has 96 valence electrons. The van der Waals surface area contributed by atoms with Crippen molar-refractivity contribution in [1.29, 1.82) is 0 Å². The first-order chi connectivity index (χ1) is 7.75. The Hall–Kier alpha value is 0.230. The quantitative estimate of drug-likeness (QED) is 0.717. The molecule has 0 radical (unpaired) electrons. The Kier molecular flexibility index (Phi) is 3.84. The van der Waals surface area contributed by atoms with Crippen LogP contribution >= 0.6 is 7.66 Å². The average molecular weight is 251 g/mol. The second-order valence-electron chi connectivity index (χ2n) is 3.94. The summed E-state index contributed by atoms with van der Waals surface area (Å²) in [5, 5.41) is 0. The van der Waals surface area contributed by atoms with Crippen molar-refractivity contribution in [2.45, 2.75) is 26.7 Å². The van der Waals surface area contributed by atoms with Gasteiger partial charge >= 0.3 is 96.6 Å². The standard InChI is InChI=1S/C10H22NO4P/c1-3-12-16(13-4-2)11(7-5-9-14-16)8-6-10-15-16/h3-10H2,1-2H3. The Bertz CT molecular complexity index is 217. The minimum absolute atomic E-state index is 0.550. The summed E-state index contributed by atoms with van der Waals surface area (Å²) in [6.45, 7) is 8.21. The summed E-state index contributed by atoms with van der Waals surface area (Å²) in [5.74, 6) is 0. The van der Waals surface area contributed by atoms with Crippen LogP contribution in [-0.2, 0) is 18.1 Å². The van der Waals surface area contributed by atoms with E-state index in [9.17, 15) is 0 Å². The van der Waals surface area contributed by atoms with Crippen molar-refractivity contribution < 1.29 is 18.1 Å². The SMILES string of the molecule is CCOP12(OCC)OCCCN1CCCO2. The molecule has 0 aliphatic carbocycles. The van der Waals surface area contributed by atoms with Gasteiger partial charge in [0, 0.05) is 0 Å². The minimum atomic E-state index is -3.40. The van der Waals surface area contributed by atoms with Crippen LogP contribution in [0.3, 0.4) is 0 Å². The van der Waals surface area contributed by atoms with Gasteiger partial charge in [-0.25, -0.2) is 0 Å². The van der Waals surface area contributed by atoms with Gasteiger partial charge in [-0.3, -0.25) is 0 Å². The van der Waals surface area contributed by atoms with Crippen molar-refractivity contribution in [3.8, 4) is 0 Å². The molecule has 2 aliphatic rings. The van der Waals surface area contributed by atoms with Crippen molar-refractivity contribution in [3.63, 3.8) is 0 Å². The maximum atomic E-state index is 5.93. The molecule has 0 saturated carbocycles. The molecule has 5 nitrogen and oxygen atoms in total. The Morgan fingerprint density at radius 1 is 1.00 bits per heavy atom. The average Bonchev–Trinajstić information content (AvgIpc) is 2.29. The van der Waals surface area contributed by atoms with Gasteiger partial charge in [0.25, 0.3) is 0 Å². The van der Waals surface area contributed by atoms with E-state index < -0.39 is 7.66 Å². The van der Waals surface area contributed by atoms with Gasteiger partial charge in [-0.15, -0.1) is 0 Å². The van der Waals surface area contributed by atoms with Crippen LogP contribution in [0.2, 0.25) is 0 Å². The summed E-state index contributed by atoms with van der Waals surface area (Å²) in [5.41, 5.74) is 0. The van der Waals surface area contributed by atoms with E-state index >= 15 is 0 Å². The molecule has 0 unspecified atom stereocenters. The summed E-state index contributed by atoms with van der Waals surface area (Å²) in [6.07, 6.45) is 2.03. The Balaban J connectivity index is 2.29. The van der Waals surface area contributed by atoms with Crippen molar-refractivity contribution in [3.05, 3.63) is 0 Å². The van der Waals surface area contributed by atoms with Gasteiger partial charge in [0.1, 0.15) is 0 Å². The predicted octanol–water partition coefficient (Wildman–Crippen LogP) is 2.33. The fourth-order valence-corrected chi connectivity index (χ4v) is 6.12. The van der Waals surface area contributed by atoms with Crippen LogP contribution in [0.1, 0.15) is 26.7 Å². The molecule has 0 spiro atoms. The van der Waals surface area contributed by atoms with E-state index in [2.05, 4.69) is 4.67 Å². The molecule has 0 aromatic heterocycles. The topological polar surface area (TPSA) is 40.2 Å². The van der Waals surface area contributed by atoms with Crippen molar-refractivity contribution in [2.24, 2.45) is 0 Å². The van der Waals surface area contributed by atoms with E-state index in [1.807, 2.05) is 13.8 Å². The number of hydrogen-bond acceptors (Lipinski definition) is 5. The number of nitrogens with zero attached hydrogens (tertiary/aromatic N) is 1. The van der Waals surface area contributed by atoms with Gasteiger partial charge in [0.15, 0.2) is 0 Å². The molecule has 16 heavy (non-hydrogen) atoms. The third kappa shape index (κ3) is 1.90. The number of fused-ring (bicyclic) bond motifs is 1. The summed E-state index contributed by atoms with van der Waals surface area (Å²) >= 11 is 0. The first-order valence-electron chi connectivity index (χ1n) is 6.13. The van der Waals surface area contributed by atoms with Gasteiger partial charge < -0.3 is 0 Å². The van der Waals surface area contributed by atoms with Crippen LogP contribution < -0.4 is 0 Å². The molecular weight excluding hydrogens is 229 g/mol. The molecule has 0 aromatic rings. The zero-order valence-corrected chi connectivity index (χ0v) is 11.1. The maximum absolute atomic E-state index is 5.93. The molecule has 2 aliphatic heterocycles. The third-order valence-corrected chi connectivity index (χ3v) is 6.82. The normalized spacial score (nSPS) is 31.2. The monoisotopic (exact) mass is 251 g/mol. The van der Waals surface area contributed by atoms with E-state index in [0.717, 1.165) is 25.9 Å². The van der Waals surface area contributed by atoms with E-state index in [-0.39, 0.29) is 0 Å². The van der Waals surface area contributed by atoms with Crippen LogP contribution in [0.4, 0.5) is 0 Å². The van der Waals surface area contributed by atoms with Crippen LogP contribution in [0.5, 0.6) is 0 Å². The van der Waals surface area contributed by atoms with Gasteiger partial charge in [0.2, 0.25) is 0 Å². The van der Waals surface area contributed by atoms with Crippen LogP contribution in [0.25, 0.3) is 0 Å². The Morgan fingerprint density at radius 2 is 1.50 bits per heavy atom. The number of rotatable bonds is 4. The molecule has 2 rings (SSSR count). The molecule has 2 heterocycles. The fraction of sp³-hybridized carbons (Fsp3) is 1.00. The molecule has 0 amide bonds. The molecule has 0 bridgehead atoms. The first-order valence-corrected chi connectivity index (χ1v) is 7.99. The van der Waals surface area contributed by atoms with Crippen molar-refractivity contribution >= 4 is 7.66 Å². The van der Waals surface area contributed by atoms with Gasteiger partial charge in [-0.05, 0) is 0 Å². The number of hydrogen-bond donors (Lipinski definition) is 0. The van der Waals surface area contributed by atoms with E-state index in [1.165, 1.54) is 0 Å². The molecule has 0 aromatic carbocycles. The van der Waals surface area contributed by atoms with E-state index in [0.29, 0.717) is 26.4 Å². The molecule has 2 fully saturated rings. The second kappa shape index (κ2) is 4.84. The second-order valence-corrected chi connectivity index (χ2v) is 7.08. The van der Waals surface area contributed by atoms with Crippen LogP contribution in [0.15, 0.2) is 0 Å². The summed E-state index contributed by atoms with van der Waals surface area (Å²) in [7, 11) is -3.40. The zero-order chi connectivity index (χ0) is 11.5. The Labute approximate surface area is 97.3 Å². The van der Waals surface area contributed by atoms with E-state index in [4.69, 9.17) is 18.1 Å². The molecule has 6 heteroatoms. The van der Waals surface area contributed by atoms with Crippen LogP contribution in [-0.4, -0.2) is 44.2 Å². The fourth-order valence-electron chi connectivity index (χ4n) is 2.35. The zero-order valence-electron chi connectivity index (χ0n) is 10.2. The molecule has 0 N–H and O–H groups in total. The predicted molar refractivity (Wildman–Crippen MR) is 62.9 cm³/mol. The van der Waals surface area contributed by atoms with Gasteiger partial charge in [-0.1, -0.05) is 0 Å². The molecule has 0 atom stereocenters. The summed E-state index contributed by atoms with van der Waals surface area (Å²) in [6, 6.07) is 0. The molecule has 2 saturated heterocycles. The van der Waals surface area contributed by atoms with E-state index in [1.54, 1.807) is 0 Å². The van der Waals surface area contributed by atoms with Gasteiger partial charge in [-0.2, -0.15) is 0 Å². The Morgan fingerprint density at radius 3 is 1.94 bits per heavy atom. The molecular formula is C10H22NO4P. The van der Waals surface area contributed by atoms with Gasteiger partial charge in [0.05, 0.1) is 0 Å². The van der Waals surface area contributed by atoms with Crippen molar-refractivity contribution in [1.82, 2.24) is 4.67 Å². The summed E-state index contributed by atoms with van der Waals surface area (Å²) < 4.78 is 25.8.